The molecule has 4 bridgehead atoms. The van der Waals surface area contributed by atoms with E-state index in [1.54, 1.807) is 7.11 Å². The molecule has 6 fully saturated rings. The molecule has 0 aromatic heterocycles. The molecule has 2 amide bonds. The molecule has 2 aromatic carbocycles. The van der Waals surface area contributed by atoms with Gasteiger partial charge in [0.15, 0.2) is 6.29 Å². The molecule has 8 heteroatoms. The van der Waals surface area contributed by atoms with Crippen LogP contribution in [0.2, 0.25) is 0 Å². The number of nitrogens with zero attached hydrogens (tertiary/aromatic N) is 1. The van der Waals surface area contributed by atoms with Gasteiger partial charge < -0.3 is 30.0 Å². The van der Waals surface area contributed by atoms with Crippen LogP contribution in [0.25, 0.3) is 0 Å². The molecule has 3 N–H and O–H groups in total. The van der Waals surface area contributed by atoms with Gasteiger partial charge >= 0.3 is 6.03 Å². The highest BCUT2D eigenvalue weighted by Gasteiger charge is 2.51. The standard InChI is InChI=1S/C37H51N3O5/c1-24-33(21-40-13-3-4-32(40)23-43-2)44-35(45-34(24)30-9-7-26(22-41)8-10-30)31-11-5-25(6-12-31)20-38-36(42)39-37-17-27-14-28(18-37)16-29(15-27)19-37/h5-12,24,27-29,32-35,41H,3-4,13-23H2,1-2H3,(H2,38,39,42)/t24-,27?,28?,29?,32+,33+,34+,35+,37?/m1/s1. The summed E-state index contributed by atoms with van der Waals surface area (Å²) < 4.78 is 18.9. The average Bonchev–Trinajstić information content (AvgIpc) is 3.47. The van der Waals surface area contributed by atoms with Gasteiger partial charge in [-0.15, -0.1) is 0 Å². The van der Waals surface area contributed by atoms with Crippen molar-refractivity contribution in [1.29, 1.82) is 0 Å². The van der Waals surface area contributed by atoms with Crippen LogP contribution in [0.1, 0.15) is 92.9 Å². The third-order valence-electron chi connectivity index (χ3n) is 11.5. The second-order valence-corrected chi connectivity index (χ2v) is 14.8. The molecular formula is C37H51N3O5. The number of carbonyl (C=O) groups is 1. The molecule has 2 saturated heterocycles. The molecular weight excluding hydrogens is 566 g/mol. The first-order valence-electron chi connectivity index (χ1n) is 17.3. The van der Waals surface area contributed by atoms with Crippen molar-refractivity contribution >= 4 is 6.03 Å². The van der Waals surface area contributed by atoms with Crippen LogP contribution in [0, 0.1) is 23.7 Å². The highest BCUT2D eigenvalue weighted by atomic mass is 16.7. The van der Waals surface area contributed by atoms with E-state index in [9.17, 15) is 9.90 Å². The van der Waals surface area contributed by atoms with Crippen LogP contribution in [-0.4, -0.2) is 60.5 Å². The number of ether oxygens (including phenoxy) is 3. The Bertz CT molecular complexity index is 1260. The van der Waals surface area contributed by atoms with Gasteiger partial charge in [0.2, 0.25) is 0 Å². The zero-order valence-electron chi connectivity index (χ0n) is 27.0. The summed E-state index contributed by atoms with van der Waals surface area (Å²) in [7, 11) is 1.78. The van der Waals surface area contributed by atoms with Crippen LogP contribution in [0.3, 0.4) is 0 Å². The Labute approximate surface area is 268 Å². The van der Waals surface area contributed by atoms with E-state index in [2.05, 4.69) is 58.9 Å². The minimum absolute atomic E-state index is 0.0135. The molecule has 244 valence electrons. The number of benzene rings is 2. The predicted octanol–water partition coefficient (Wildman–Crippen LogP) is 5.85. The van der Waals surface area contributed by atoms with Gasteiger partial charge in [-0.25, -0.2) is 4.79 Å². The van der Waals surface area contributed by atoms with Crippen LogP contribution in [0.4, 0.5) is 4.79 Å². The summed E-state index contributed by atoms with van der Waals surface area (Å²) in [4.78, 5) is 15.5. The van der Waals surface area contributed by atoms with E-state index >= 15 is 0 Å². The Morgan fingerprint density at radius 2 is 1.60 bits per heavy atom. The lowest BCUT2D eigenvalue weighted by Crippen LogP contribution is -2.61. The largest absolute Gasteiger partial charge is 0.392 e. The maximum Gasteiger partial charge on any atom is 0.315 e. The molecule has 8 nitrogen and oxygen atoms in total. The second-order valence-electron chi connectivity index (χ2n) is 14.8. The van der Waals surface area contributed by atoms with Crippen molar-refractivity contribution in [2.45, 2.75) is 102 Å². The van der Waals surface area contributed by atoms with Crippen LogP contribution in [0.15, 0.2) is 48.5 Å². The van der Waals surface area contributed by atoms with E-state index < -0.39 is 6.29 Å². The van der Waals surface area contributed by atoms with Gasteiger partial charge in [-0.3, -0.25) is 4.90 Å². The van der Waals surface area contributed by atoms with Crippen LogP contribution in [-0.2, 0) is 27.4 Å². The third-order valence-corrected chi connectivity index (χ3v) is 11.5. The SMILES string of the molecule is COC[C@@H]1CCCN1C[C@@H]1O[C@H](c2ccc(CNC(=O)NC34CC5CC(CC(C5)C3)C4)cc2)O[C@H](c2ccc(CO)cc2)[C@@H]1C. The minimum atomic E-state index is -0.501. The molecule has 8 rings (SSSR count). The number of likely N-dealkylation sites (tertiary alicyclic amines) is 1. The van der Waals surface area contributed by atoms with E-state index in [0.717, 1.165) is 85.4 Å². The summed E-state index contributed by atoms with van der Waals surface area (Å²) in [5, 5.41) is 16.1. The Hall–Kier alpha value is -2.49. The molecule has 2 aliphatic heterocycles. The van der Waals surface area contributed by atoms with Crippen LogP contribution in [0.5, 0.6) is 0 Å². The number of methoxy groups -OCH3 is 1. The molecule has 5 atom stereocenters. The van der Waals surface area contributed by atoms with Crippen molar-refractivity contribution in [1.82, 2.24) is 15.5 Å². The zero-order chi connectivity index (χ0) is 31.0. The summed E-state index contributed by atoms with van der Waals surface area (Å²) >= 11 is 0. The number of hydrogen-bond acceptors (Lipinski definition) is 6. The molecule has 6 aliphatic rings. The monoisotopic (exact) mass is 617 g/mol. The summed E-state index contributed by atoms with van der Waals surface area (Å²) in [5.41, 5.74) is 4.02. The smallest absolute Gasteiger partial charge is 0.315 e. The average molecular weight is 618 g/mol. The fourth-order valence-corrected chi connectivity index (χ4v) is 9.60. The number of urea groups is 1. The van der Waals surface area contributed by atoms with Gasteiger partial charge in [0.05, 0.1) is 25.4 Å². The van der Waals surface area contributed by atoms with Crippen LogP contribution >= 0.6 is 0 Å². The highest BCUT2D eigenvalue weighted by Crippen LogP contribution is 2.55. The number of rotatable bonds is 10. The van der Waals surface area contributed by atoms with E-state index in [-0.39, 0.29) is 36.3 Å². The normalized spacial score (nSPS) is 35.9. The number of hydrogen-bond donors (Lipinski definition) is 3. The number of amides is 2. The molecule has 4 aliphatic carbocycles. The van der Waals surface area contributed by atoms with E-state index in [1.807, 2.05) is 12.1 Å². The van der Waals surface area contributed by atoms with Crippen LogP contribution < -0.4 is 10.6 Å². The first-order chi connectivity index (χ1) is 21.9. The van der Waals surface area contributed by atoms with Crippen molar-refractivity contribution in [3.05, 3.63) is 70.8 Å². The van der Waals surface area contributed by atoms with Gasteiger partial charge in [0, 0.05) is 43.3 Å². The molecule has 0 spiro atoms. The van der Waals surface area contributed by atoms with E-state index in [1.165, 1.54) is 25.7 Å². The lowest BCUT2D eigenvalue weighted by atomic mass is 9.53. The number of aliphatic hydroxyl groups is 1. The maximum atomic E-state index is 13.0. The summed E-state index contributed by atoms with van der Waals surface area (Å²) in [6.07, 6.45) is 9.23. The molecule has 2 heterocycles. The van der Waals surface area contributed by atoms with Gasteiger partial charge in [-0.2, -0.15) is 0 Å². The van der Waals surface area contributed by atoms with E-state index in [0.29, 0.717) is 12.6 Å². The number of carbonyl (C=O) groups excluding carboxylic acids is 1. The fourth-order valence-electron chi connectivity index (χ4n) is 9.60. The molecule has 0 unspecified atom stereocenters. The quantitative estimate of drug-likeness (QED) is 0.310. The molecule has 0 radical (unpaired) electrons. The third kappa shape index (κ3) is 6.82. The van der Waals surface area contributed by atoms with Crippen molar-refractivity contribution in [2.75, 3.05) is 26.8 Å². The number of nitrogens with one attached hydrogen (secondary N) is 2. The van der Waals surface area contributed by atoms with Crippen molar-refractivity contribution in [3.8, 4) is 0 Å². The van der Waals surface area contributed by atoms with Gasteiger partial charge in [0.25, 0.3) is 0 Å². The minimum Gasteiger partial charge on any atom is -0.392 e. The lowest BCUT2D eigenvalue weighted by molar-refractivity contribution is -0.276. The van der Waals surface area contributed by atoms with Crippen molar-refractivity contribution in [3.63, 3.8) is 0 Å². The van der Waals surface area contributed by atoms with Gasteiger partial charge in [-0.05, 0) is 92.4 Å². The Balaban J connectivity index is 1.01. The van der Waals surface area contributed by atoms with E-state index in [4.69, 9.17) is 14.2 Å². The topological polar surface area (TPSA) is 92.3 Å². The maximum absolute atomic E-state index is 13.0. The first kappa shape index (κ1) is 31.1. The van der Waals surface area contributed by atoms with Crippen molar-refractivity contribution < 1.29 is 24.1 Å². The highest BCUT2D eigenvalue weighted by molar-refractivity contribution is 5.75. The fraction of sp³-hybridized carbons (Fsp3) is 0.649. The lowest BCUT2D eigenvalue weighted by Gasteiger charge is -2.56. The molecule has 45 heavy (non-hydrogen) atoms. The Kier molecular flexibility index (Phi) is 9.21. The van der Waals surface area contributed by atoms with Gasteiger partial charge in [-0.1, -0.05) is 55.5 Å². The summed E-state index contributed by atoms with van der Waals surface area (Å²) in [6.45, 7) is 5.36. The second kappa shape index (κ2) is 13.3. The molecule has 4 saturated carbocycles. The predicted molar refractivity (Wildman–Crippen MR) is 172 cm³/mol. The number of aliphatic hydroxyl groups excluding tert-OH is 1. The van der Waals surface area contributed by atoms with Gasteiger partial charge in [0.1, 0.15) is 0 Å². The summed E-state index contributed by atoms with van der Waals surface area (Å²) in [5.74, 6) is 2.55. The summed E-state index contributed by atoms with van der Waals surface area (Å²) in [6, 6.07) is 16.7. The zero-order valence-corrected chi connectivity index (χ0v) is 27.0. The molecule has 2 aromatic rings. The Morgan fingerprint density at radius 1 is 0.956 bits per heavy atom. The van der Waals surface area contributed by atoms with Crippen molar-refractivity contribution in [2.24, 2.45) is 23.7 Å². The first-order valence-corrected chi connectivity index (χ1v) is 17.3. The Morgan fingerprint density at radius 3 is 2.24 bits per heavy atom.